The number of benzene rings is 1. The Bertz CT molecular complexity index is 492. The molecule has 1 aromatic carbocycles. The van der Waals surface area contributed by atoms with Crippen molar-refractivity contribution in [1.29, 1.82) is 0 Å². The summed E-state index contributed by atoms with van der Waals surface area (Å²) in [5.74, 6) is -0.0464. The zero-order valence-corrected chi connectivity index (χ0v) is 11.5. The number of aliphatic hydroxyl groups is 1. The van der Waals surface area contributed by atoms with Crippen LogP contribution in [0.4, 0.5) is 0 Å². The monoisotopic (exact) mass is 285 g/mol. The minimum atomic E-state index is -3.35. The summed E-state index contributed by atoms with van der Waals surface area (Å²) in [7, 11) is -3.35. The standard InChI is InChI=1S/C13H19NO4S/c15-8-11-3-5-12(6-4-11)10-19(16,17)14-13-2-1-7-18-9-13/h3-6,13-15H,1-2,7-10H2. The molecule has 0 aliphatic carbocycles. The van der Waals surface area contributed by atoms with Gasteiger partial charge >= 0.3 is 0 Å². The van der Waals surface area contributed by atoms with Crippen LogP contribution in [0.3, 0.4) is 0 Å². The van der Waals surface area contributed by atoms with E-state index in [4.69, 9.17) is 9.84 Å². The highest BCUT2D eigenvalue weighted by atomic mass is 32.2. The summed E-state index contributed by atoms with van der Waals surface area (Å²) in [6, 6.07) is 6.79. The lowest BCUT2D eigenvalue weighted by atomic mass is 10.1. The smallest absolute Gasteiger partial charge is 0.216 e. The fourth-order valence-corrected chi connectivity index (χ4v) is 3.50. The van der Waals surface area contributed by atoms with Crippen LogP contribution in [-0.4, -0.2) is 32.8 Å². The zero-order chi connectivity index (χ0) is 13.7. The van der Waals surface area contributed by atoms with Gasteiger partial charge in [0.1, 0.15) is 0 Å². The van der Waals surface area contributed by atoms with Crippen molar-refractivity contribution < 1.29 is 18.3 Å². The van der Waals surface area contributed by atoms with E-state index in [1.807, 2.05) is 0 Å². The van der Waals surface area contributed by atoms with Crippen LogP contribution in [0.5, 0.6) is 0 Å². The number of hydrogen-bond acceptors (Lipinski definition) is 4. The molecule has 1 fully saturated rings. The highest BCUT2D eigenvalue weighted by Crippen LogP contribution is 2.11. The van der Waals surface area contributed by atoms with Crippen LogP contribution < -0.4 is 4.72 Å². The summed E-state index contributed by atoms with van der Waals surface area (Å²) in [5.41, 5.74) is 1.48. The fraction of sp³-hybridized carbons (Fsp3) is 0.538. The average Bonchev–Trinajstić information content (AvgIpc) is 2.39. The Hall–Kier alpha value is -0.950. The van der Waals surface area contributed by atoms with E-state index < -0.39 is 10.0 Å². The number of rotatable bonds is 5. The molecule has 6 heteroatoms. The normalized spacial score (nSPS) is 20.4. The van der Waals surface area contributed by atoms with E-state index in [9.17, 15) is 8.42 Å². The molecule has 106 valence electrons. The Morgan fingerprint density at radius 1 is 1.26 bits per heavy atom. The van der Waals surface area contributed by atoms with E-state index >= 15 is 0 Å². The highest BCUT2D eigenvalue weighted by molar-refractivity contribution is 7.88. The maximum absolute atomic E-state index is 12.0. The third-order valence-electron chi connectivity index (χ3n) is 3.07. The van der Waals surface area contributed by atoms with Gasteiger partial charge in [0.05, 0.1) is 19.0 Å². The number of ether oxygens (including phenoxy) is 1. The lowest BCUT2D eigenvalue weighted by Gasteiger charge is -2.22. The first-order valence-electron chi connectivity index (χ1n) is 6.35. The molecule has 1 aromatic rings. The van der Waals surface area contributed by atoms with E-state index in [1.54, 1.807) is 24.3 Å². The molecule has 1 heterocycles. The number of hydrogen-bond donors (Lipinski definition) is 2. The van der Waals surface area contributed by atoms with Crippen LogP contribution in [0.15, 0.2) is 24.3 Å². The maximum atomic E-state index is 12.0. The molecule has 0 bridgehead atoms. The van der Waals surface area contributed by atoms with Gasteiger partial charge in [0, 0.05) is 12.6 Å². The van der Waals surface area contributed by atoms with Crippen LogP contribution >= 0.6 is 0 Å². The van der Waals surface area contributed by atoms with Gasteiger partial charge in [0.25, 0.3) is 0 Å². The van der Waals surface area contributed by atoms with Gasteiger partial charge in [-0.2, -0.15) is 0 Å². The summed E-state index contributed by atoms with van der Waals surface area (Å²) in [4.78, 5) is 0. The highest BCUT2D eigenvalue weighted by Gasteiger charge is 2.20. The molecule has 0 aromatic heterocycles. The molecule has 0 radical (unpaired) electrons. The molecule has 0 spiro atoms. The lowest BCUT2D eigenvalue weighted by Crippen LogP contribution is -2.41. The van der Waals surface area contributed by atoms with Crippen molar-refractivity contribution in [1.82, 2.24) is 4.72 Å². The third kappa shape index (κ3) is 4.58. The van der Waals surface area contributed by atoms with E-state index in [1.165, 1.54) is 0 Å². The average molecular weight is 285 g/mol. The predicted octanol–water partition coefficient (Wildman–Crippen LogP) is 0.777. The predicted molar refractivity (Wildman–Crippen MR) is 72.0 cm³/mol. The molecule has 1 saturated heterocycles. The maximum Gasteiger partial charge on any atom is 0.216 e. The van der Waals surface area contributed by atoms with Crippen molar-refractivity contribution in [3.8, 4) is 0 Å². The molecule has 1 aliphatic rings. The Morgan fingerprint density at radius 3 is 2.53 bits per heavy atom. The summed E-state index contributed by atoms with van der Waals surface area (Å²) >= 11 is 0. The Balaban J connectivity index is 1.95. The van der Waals surface area contributed by atoms with E-state index in [0.29, 0.717) is 18.8 Å². The molecular weight excluding hydrogens is 266 g/mol. The molecule has 19 heavy (non-hydrogen) atoms. The molecule has 5 nitrogen and oxygen atoms in total. The van der Waals surface area contributed by atoms with E-state index in [-0.39, 0.29) is 18.4 Å². The topological polar surface area (TPSA) is 75.6 Å². The van der Waals surface area contributed by atoms with Gasteiger partial charge < -0.3 is 9.84 Å². The first-order chi connectivity index (χ1) is 9.09. The zero-order valence-electron chi connectivity index (χ0n) is 10.7. The van der Waals surface area contributed by atoms with Crippen molar-refractivity contribution >= 4 is 10.0 Å². The number of sulfonamides is 1. The molecule has 1 aliphatic heterocycles. The number of nitrogens with one attached hydrogen (secondary N) is 1. The van der Waals surface area contributed by atoms with E-state index in [0.717, 1.165) is 18.4 Å². The largest absolute Gasteiger partial charge is 0.392 e. The molecule has 2 N–H and O–H groups in total. The molecular formula is C13H19NO4S. The summed E-state index contributed by atoms with van der Waals surface area (Å²) in [5, 5.41) is 8.93. The first kappa shape index (κ1) is 14.5. The van der Waals surface area contributed by atoms with Crippen LogP contribution in [0, 0.1) is 0 Å². The van der Waals surface area contributed by atoms with Crippen molar-refractivity contribution in [2.24, 2.45) is 0 Å². The fourth-order valence-electron chi connectivity index (χ4n) is 2.09. The second-order valence-electron chi connectivity index (χ2n) is 4.77. The Morgan fingerprint density at radius 2 is 1.95 bits per heavy atom. The number of aliphatic hydroxyl groups excluding tert-OH is 1. The summed E-state index contributed by atoms with van der Waals surface area (Å²) < 4.78 is 31.9. The quantitative estimate of drug-likeness (QED) is 0.838. The van der Waals surface area contributed by atoms with Gasteiger partial charge in [-0.1, -0.05) is 24.3 Å². The molecule has 0 amide bonds. The van der Waals surface area contributed by atoms with Crippen molar-refractivity contribution in [2.45, 2.75) is 31.2 Å². The van der Waals surface area contributed by atoms with Crippen molar-refractivity contribution in [3.63, 3.8) is 0 Å². The van der Waals surface area contributed by atoms with Crippen molar-refractivity contribution in [2.75, 3.05) is 13.2 Å². The third-order valence-corrected chi connectivity index (χ3v) is 4.47. The SMILES string of the molecule is O=S(=O)(Cc1ccc(CO)cc1)NC1CCCOC1. The minimum absolute atomic E-state index is 0.0370. The summed E-state index contributed by atoms with van der Waals surface area (Å²) in [6.07, 6.45) is 1.71. The minimum Gasteiger partial charge on any atom is -0.392 e. The van der Waals surface area contributed by atoms with Gasteiger partial charge in [-0.05, 0) is 24.0 Å². The van der Waals surface area contributed by atoms with Gasteiger partial charge in [-0.25, -0.2) is 13.1 Å². The van der Waals surface area contributed by atoms with Gasteiger partial charge in [-0.3, -0.25) is 0 Å². The first-order valence-corrected chi connectivity index (χ1v) is 8.01. The van der Waals surface area contributed by atoms with E-state index in [2.05, 4.69) is 4.72 Å². The molecule has 1 atom stereocenters. The van der Waals surface area contributed by atoms with Gasteiger partial charge in [-0.15, -0.1) is 0 Å². The lowest BCUT2D eigenvalue weighted by molar-refractivity contribution is 0.0774. The second-order valence-corrected chi connectivity index (χ2v) is 6.52. The molecule has 0 saturated carbocycles. The molecule has 1 unspecified atom stereocenters. The summed E-state index contributed by atoms with van der Waals surface area (Å²) in [6.45, 7) is 1.12. The second kappa shape index (κ2) is 6.47. The molecule has 2 rings (SSSR count). The van der Waals surface area contributed by atoms with Crippen LogP contribution in [0.1, 0.15) is 24.0 Å². The van der Waals surface area contributed by atoms with Gasteiger partial charge in [0.15, 0.2) is 0 Å². The van der Waals surface area contributed by atoms with Crippen LogP contribution in [0.2, 0.25) is 0 Å². The van der Waals surface area contributed by atoms with Crippen LogP contribution in [-0.2, 0) is 27.1 Å². The Kier molecular flexibility index (Phi) is 4.93. The van der Waals surface area contributed by atoms with Crippen LogP contribution in [0.25, 0.3) is 0 Å². The van der Waals surface area contributed by atoms with Gasteiger partial charge in [0.2, 0.25) is 10.0 Å². The Labute approximate surface area is 113 Å². The van der Waals surface area contributed by atoms with Crippen molar-refractivity contribution in [3.05, 3.63) is 35.4 Å².